The van der Waals surface area contributed by atoms with Crippen LogP contribution in [-0.2, 0) is 0 Å². The van der Waals surface area contributed by atoms with Crippen LogP contribution < -0.4 is 5.73 Å². The second kappa shape index (κ2) is 6.85. The third-order valence-electron chi connectivity index (χ3n) is 4.31. The number of hydrogen-bond donors (Lipinski definition) is 1. The van der Waals surface area contributed by atoms with Gasteiger partial charge >= 0.3 is 0 Å². The standard InChI is InChI=1S/C17H25NO/c1-13(10-11-18)8-9-17(19)16-7-3-6-15(12-16)14-4-2-5-14/h3,6-7,12-14H,2,4-5,8-11,18H2,1H3. The minimum atomic E-state index is 0.282. The number of nitrogens with two attached hydrogens (primary N) is 1. The molecule has 1 aromatic rings. The Hall–Kier alpha value is -1.15. The number of benzene rings is 1. The fourth-order valence-electron chi connectivity index (χ4n) is 2.66. The number of rotatable bonds is 7. The Balaban J connectivity index is 1.91. The first-order valence-electron chi connectivity index (χ1n) is 7.54. The molecule has 1 fully saturated rings. The van der Waals surface area contributed by atoms with Gasteiger partial charge in [0.15, 0.2) is 5.78 Å². The van der Waals surface area contributed by atoms with Gasteiger partial charge < -0.3 is 5.73 Å². The molecule has 1 atom stereocenters. The summed E-state index contributed by atoms with van der Waals surface area (Å²) in [5.74, 6) is 1.53. The number of carbonyl (C=O) groups is 1. The lowest BCUT2D eigenvalue weighted by Crippen LogP contribution is -2.11. The van der Waals surface area contributed by atoms with Crippen molar-refractivity contribution in [3.8, 4) is 0 Å². The van der Waals surface area contributed by atoms with Gasteiger partial charge in [0.25, 0.3) is 0 Å². The fourth-order valence-corrected chi connectivity index (χ4v) is 2.66. The predicted octanol–water partition coefficient (Wildman–Crippen LogP) is 3.90. The van der Waals surface area contributed by atoms with Gasteiger partial charge in [-0.05, 0) is 55.7 Å². The Bertz CT molecular complexity index is 423. The Morgan fingerprint density at radius 3 is 2.79 bits per heavy atom. The molecule has 1 aliphatic rings. The van der Waals surface area contributed by atoms with E-state index in [-0.39, 0.29) is 5.78 Å². The molecule has 2 heteroatoms. The summed E-state index contributed by atoms with van der Waals surface area (Å²) in [7, 11) is 0. The first-order chi connectivity index (χ1) is 9.20. The summed E-state index contributed by atoms with van der Waals surface area (Å²) in [6.45, 7) is 2.89. The first kappa shape index (κ1) is 14.3. The molecular formula is C17H25NO. The van der Waals surface area contributed by atoms with Crippen LogP contribution in [0.15, 0.2) is 24.3 Å². The molecule has 1 aromatic carbocycles. The van der Waals surface area contributed by atoms with Gasteiger partial charge in [0.05, 0.1) is 0 Å². The Morgan fingerprint density at radius 1 is 1.37 bits per heavy atom. The topological polar surface area (TPSA) is 43.1 Å². The van der Waals surface area contributed by atoms with E-state index in [0.717, 1.165) is 18.4 Å². The molecule has 0 aromatic heterocycles. The number of ketones is 1. The van der Waals surface area contributed by atoms with Crippen molar-refractivity contribution in [2.24, 2.45) is 11.7 Å². The Labute approximate surface area is 116 Å². The van der Waals surface area contributed by atoms with Crippen molar-refractivity contribution < 1.29 is 4.79 Å². The van der Waals surface area contributed by atoms with Crippen molar-refractivity contribution in [1.82, 2.24) is 0 Å². The summed E-state index contributed by atoms with van der Waals surface area (Å²) in [5, 5.41) is 0. The maximum absolute atomic E-state index is 12.2. The van der Waals surface area contributed by atoms with Crippen molar-refractivity contribution in [3.05, 3.63) is 35.4 Å². The summed E-state index contributed by atoms with van der Waals surface area (Å²) >= 11 is 0. The number of hydrogen-bond acceptors (Lipinski definition) is 2. The van der Waals surface area contributed by atoms with Crippen LogP contribution in [-0.4, -0.2) is 12.3 Å². The lowest BCUT2D eigenvalue weighted by Gasteiger charge is -2.26. The number of Topliss-reactive ketones (excluding diaryl/α,β-unsaturated/α-hetero) is 1. The molecule has 0 radical (unpaired) electrons. The molecule has 104 valence electrons. The van der Waals surface area contributed by atoms with E-state index >= 15 is 0 Å². The van der Waals surface area contributed by atoms with E-state index in [1.54, 1.807) is 0 Å². The van der Waals surface area contributed by atoms with Crippen molar-refractivity contribution in [2.75, 3.05) is 6.54 Å². The van der Waals surface area contributed by atoms with E-state index in [0.29, 0.717) is 24.8 Å². The Morgan fingerprint density at radius 2 is 2.16 bits per heavy atom. The molecule has 0 saturated heterocycles. The quantitative estimate of drug-likeness (QED) is 0.755. The molecule has 2 nitrogen and oxygen atoms in total. The highest BCUT2D eigenvalue weighted by atomic mass is 16.1. The van der Waals surface area contributed by atoms with Crippen molar-refractivity contribution in [1.29, 1.82) is 0 Å². The smallest absolute Gasteiger partial charge is 0.162 e. The lowest BCUT2D eigenvalue weighted by atomic mass is 9.79. The third-order valence-corrected chi connectivity index (χ3v) is 4.31. The molecule has 0 heterocycles. The van der Waals surface area contributed by atoms with Crippen LogP contribution in [0, 0.1) is 5.92 Å². The van der Waals surface area contributed by atoms with Crippen LogP contribution in [0.3, 0.4) is 0 Å². The van der Waals surface area contributed by atoms with Gasteiger partial charge in [-0.3, -0.25) is 4.79 Å². The molecule has 2 N–H and O–H groups in total. The van der Waals surface area contributed by atoms with Crippen molar-refractivity contribution in [2.45, 2.75) is 51.4 Å². The fraction of sp³-hybridized carbons (Fsp3) is 0.588. The van der Waals surface area contributed by atoms with Crippen LogP contribution in [0.2, 0.25) is 0 Å². The Kier molecular flexibility index (Phi) is 5.15. The summed E-state index contributed by atoms with van der Waals surface area (Å²) in [4.78, 5) is 12.2. The van der Waals surface area contributed by atoms with E-state index in [1.165, 1.54) is 24.8 Å². The van der Waals surface area contributed by atoms with Gasteiger partial charge in [-0.25, -0.2) is 0 Å². The molecule has 0 aliphatic heterocycles. The van der Waals surface area contributed by atoms with Crippen molar-refractivity contribution >= 4 is 5.78 Å². The average Bonchev–Trinajstić information content (AvgIpc) is 2.34. The zero-order valence-corrected chi connectivity index (χ0v) is 11.9. The molecule has 1 unspecified atom stereocenters. The van der Waals surface area contributed by atoms with Gasteiger partial charge in [-0.15, -0.1) is 0 Å². The lowest BCUT2D eigenvalue weighted by molar-refractivity contribution is 0.0974. The normalized spacial score (nSPS) is 16.9. The van der Waals surface area contributed by atoms with Gasteiger partial charge in [0.2, 0.25) is 0 Å². The van der Waals surface area contributed by atoms with Crippen LogP contribution in [0.4, 0.5) is 0 Å². The first-order valence-corrected chi connectivity index (χ1v) is 7.54. The van der Waals surface area contributed by atoms with Crippen LogP contribution in [0.5, 0.6) is 0 Å². The molecule has 2 rings (SSSR count). The number of carbonyl (C=O) groups excluding carboxylic acids is 1. The highest BCUT2D eigenvalue weighted by molar-refractivity contribution is 5.96. The molecule has 19 heavy (non-hydrogen) atoms. The van der Waals surface area contributed by atoms with Gasteiger partial charge in [0.1, 0.15) is 0 Å². The third kappa shape index (κ3) is 3.90. The average molecular weight is 259 g/mol. The summed E-state index contributed by atoms with van der Waals surface area (Å²) in [6, 6.07) is 8.26. The molecule has 0 amide bonds. The molecule has 0 bridgehead atoms. The minimum Gasteiger partial charge on any atom is -0.330 e. The highest BCUT2D eigenvalue weighted by Gasteiger charge is 2.20. The van der Waals surface area contributed by atoms with Crippen LogP contribution >= 0.6 is 0 Å². The van der Waals surface area contributed by atoms with E-state index in [9.17, 15) is 4.79 Å². The SMILES string of the molecule is CC(CCN)CCC(=O)c1cccc(C2CCC2)c1. The van der Waals surface area contributed by atoms with E-state index in [1.807, 2.05) is 12.1 Å². The molecule has 1 saturated carbocycles. The molecule has 1 aliphatic carbocycles. The molecular weight excluding hydrogens is 234 g/mol. The van der Waals surface area contributed by atoms with Crippen LogP contribution in [0.1, 0.15) is 67.3 Å². The maximum Gasteiger partial charge on any atom is 0.162 e. The van der Waals surface area contributed by atoms with E-state index in [4.69, 9.17) is 5.73 Å². The van der Waals surface area contributed by atoms with E-state index < -0.39 is 0 Å². The predicted molar refractivity (Wildman–Crippen MR) is 79.4 cm³/mol. The van der Waals surface area contributed by atoms with E-state index in [2.05, 4.69) is 19.1 Å². The zero-order chi connectivity index (χ0) is 13.7. The molecule has 0 spiro atoms. The van der Waals surface area contributed by atoms with Gasteiger partial charge in [-0.1, -0.05) is 31.5 Å². The second-order valence-corrected chi connectivity index (χ2v) is 5.90. The monoisotopic (exact) mass is 259 g/mol. The van der Waals surface area contributed by atoms with Gasteiger partial charge in [0, 0.05) is 12.0 Å². The zero-order valence-electron chi connectivity index (χ0n) is 11.9. The van der Waals surface area contributed by atoms with Crippen molar-refractivity contribution in [3.63, 3.8) is 0 Å². The maximum atomic E-state index is 12.2. The summed E-state index contributed by atoms with van der Waals surface area (Å²) in [6.07, 6.45) is 6.50. The largest absolute Gasteiger partial charge is 0.330 e. The summed E-state index contributed by atoms with van der Waals surface area (Å²) < 4.78 is 0. The van der Waals surface area contributed by atoms with Gasteiger partial charge in [-0.2, -0.15) is 0 Å². The minimum absolute atomic E-state index is 0.282. The second-order valence-electron chi connectivity index (χ2n) is 5.90. The highest BCUT2D eigenvalue weighted by Crippen LogP contribution is 2.36. The van der Waals surface area contributed by atoms with Crippen LogP contribution in [0.25, 0.3) is 0 Å². The summed E-state index contributed by atoms with van der Waals surface area (Å²) in [5.41, 5.74) is 7.78.